The first kappa shape index (κ1) is 8.43. The van der Waals surface area contributed by atoms with E-state index in [1.165, 1.54) is 10.9 Å². The molecule has 0 saturated heterocycles. The third-order valence-electron chi connectivity index (χ3n) is 1.65. The second-order valence-corrected chi connectivity index (χ2v) is 2.64. The molecule has 0 atom stereocenters. The van der Waals surface area contributed by atoms with Gasteiger partial charge in [-0.05, 0) is 12.1 Å². The van der Waals surface area contributed by atoms with Crippen molar-refractivity contribution in [3.63, 3.8) is 0 Å². The molecule has 70 valence electrons. The molecule has 0 aliphatic rings. The Kier molecular flexibility index (Phi) is 2.22. The quantitative estimate of drug-likeness (QED) is 0.735. The molecule has 2 heterocycles. The van der Waals surface area contributed by atoms with Gasteiger partial charge in [0.1, 0.15) is 6.33 Å². The molecule has 0 saturated carbocycles. The number of anilines is 1. The van der Waals surface area contributed by atoms with Gasteiger partial charge in [0.2, 0.25) is 0 Å². The number of aromatic nitrogens is 3. The average Bonchev–Trinajstić information content (AvgIpc) is 2.72. The second-order valence-electron chi connectivity index (χ2n) is 2.64. The van der Waals surface area contributed by atoms with Crippen molar-refractivity contribution in [3.05, 3.63) is 43.2 Å². The Bertz CT molecular complexity index is 410. The first-order valence-corrected chi connectivity index (χ1v) is 4.05. The number of nitrogens with zero attached hydrogens (tertiary/aromatic N) is 3. The molecule has 14 heavy (non-hydrogen) atoms. The van der Waals surface area contributed by atoms with Gasteiger partial charge in [-0.25, -0.2) is 9.78 Å². The van der Waals surface area contributed by atoms with Gasteiger partial charge in [-0.1, -0.05) is 0 Å². The van der Waals surface area contributed by atoms with E-state index in [-0.39, 0.29) is 6.03 Å². The minimum Gasteiger partial charge on any atom is -0.306 e. The van der Waals surface area contributed by atoms with Gasteiger partial charge in [-0.15, -0.1) is 0 Å². The Morgan fingerprint density at radius 1 is 1.36 bits per heavy atom. The van der Waals surface area contributed by atoms with Crippen molar-refractivity contribution in [1.82, 2.24) is 14.5 Å². The summed E-state index contributed by atoms with van der Waals surface area (Å²) in [5.41, 5.74) is 0.659. The van der Waals surface area contributed by atoms with Crippen molar-refractivity contribution in [1.29, 1.82) is 0 Å². The summed E-state index contributed by atoms with van der Waals surface area (Å²) in [6.07, 6.45) is 7.78. The lowest BCUT2D eigenvalue weighted by Crippen LogP contribution is -2.17. The molecular formula is C9H8N4O. The van der Waals surface area contributed by atoms with Crippen LogP contribution in [0.15, 0.2) is 43.2 Å². The SMILES string of the molecule is O=C(Nc1cccnc1)n1ccnc1. The van der Waals surface area contributed by atoms with E-state index in [2.05, 4.69) is 15.3 Å². The maximum atomic E-state index is 11.5. The van der Waals surface area contributed by atoms with Crippen LogP contribution in [0.1, 0.15) is 0 Å². The van der Waals surface area contributed by atoms with Gasteiger partial charge in [0.25, 0.3) is 0 Å². The van der Waals surface area contributed by atoms with Crippen LogP contribution >= 0.6 is 0 Å². The number of rotatable bonds is 1. The molecular weight excluding hydrogens is 180 g/mol. The van der Waals surface area contributed by atoms with E-state index in [0.717, 1.165) is 0 Å². The maximum absolute atomic E-state index is 11.5. The lowest BCUT2D eigenvalue weighted by Gasteiger charge is -2.03. The molecule has 0 spiro atoms. The largest absolute Gasteiger partial charge is 0.331 e. The molecule has 5 nitrogen and oxygen atoms in total. The van der Waals surface area contributed by atoms with Crippen LogP contribution in [-0.4, -0.2) is 20.6 Å². The third-order valence-corrected chi connectivity index (χ3v) is 1.65. The smallest absolute Gasteiger partial charge is 0.306 e. The van der Waals surface area contributed by atoms with Gasteiger partial charge < -0.3 is 5.32 Å². The van der Waals surface area contributed by atoms with Crippen LogP contribution < -0.4 is 5.32 Å². The van der Waals surface area contributed by atoms with Crippen LogP contribution in [0.2, 0.25) is 0 Å². The summed E-state index contributed by atoms with van der Waals surface area (Å²) in [5, 5.41) is 2.67. The average molecular weight is 188 g/mol. The van der Waals surface area contributed by atoms with Crippen LogP contribution in [0.4, 0.5) is 10.5 Å². The Morgan fingerprint density at radius 2 is 2.29 bits per heavy atom. The summed E-state index contributed by atoms with van der Waals surface area (Å²) in [6, 6.07) is 3.27. The summed E-state index contributed by atoms with van der Waals surface area (Å²) >= 11 is 0. The van der Waals surface area contributed by atoms with Gasteiger partial charge in [0, 0.05) is 18.6 Å². The Morgan fingerprint density at radius 3 is 2.93 bits per heavy atom. The Labute approximate surface area is 80.4 Å². The first-order chi connectivity index (χ1) is 6.86. The van der Waals surface area contributed by atoms with Crippen LogP contribution in [0, 0.1) is 0 Å². The molecule has 0 radical (unpaired) electrons. The standard InChI is InChI=1S/C9H8N4O/c14-9(13-5-4-11-7-13)12-8-2-1-3-10-6-8/h1-7H,(H,12,14). The first-order valence-electron chi connectivity index (χ1n) is 4.05. The molecule has 2 rings (SSSR count). The van der Waals surface area contributed by atoms with Crippen molar-refractivity contribution in [2.75, 3.05) is 5.32 Å². The molecule has 2 aromatic rings. The number of imidazole rings is 1. The number of amides is 1. The minimum absolute atomic E-state index is 0.254. The summed E-state index contributed by atoms with van der Waals surface area (Å²) in [5.74, 6) is 0. The summed E-state index contributed by atoms with van der Waals surface area (Å²) in [7, 11) is 0. The second kappa shape index (κ2) is 3.69. The van der Waals surface area contributed by atoms with Crippen LogP contribution in [0.5, 0.6) is 0 Å². The van der Waals surface area contributed by atoms with E-state index in [4.69, 9.17) is 0 Å². The van der Waals surface area contributed by atoms with Gasteiger partial charge in [0.05, 0.1) is 11.9 Å². The zero-order chi connectivity index (χ0) is 9.80. The molecule has 0 unspecified atom stereocenters. The van der Waals surface area contributed by atoms with Gasteiger partial charge >= 0.3 is 6.03 Å². The molecule has 0 aliphatic heterocycles. The maximum Gasteiger partial charge on any atom is 0.331 e. The van der Waals surface area contributed by atoms with Crippen molar-refractivity contribution in [2.24, 2.45) is 0 Å². The summed E-state index contributed by atoms with van der Waals surface area (Å²) < 4.78 is 1.35. The molecule has 5 heteroatoms. The zero-order valence-corrected chi connectivity index (χ0v) is 7.29. The molecule has 0 fully saturated rings. The fraction of sp³-hybridized carbons (Fsp3) is 0. The highest BCUT2D eigenvalue weighted by molar-refractivity contribution is 5.90. The van der Waals surface area contributed by atoms with Crippen LogP contribution in [0.3, 0.4) is 0 Å². The van der Waals surface area contributed by atoms with Crippen molar-refractivity contribution >= 4 is 11.7 Å². The topological polar surface area (TPSA) is 59.8 Å². The van der Waals surface area contributed by atoms with E-state index in [0.29, 0.717) is 5.69 Å². The number of nitrogens with one attached hydrogen (secondary N) is 1. The van der Waals surface area contributed by atoms with Gasteiger partial charge in [0.15, 0.2) is 0 Å². The summed E-state index contributed by atoms with van der Waals surface area (Å²) in [6.45, 7) is 0. The fourth-order valence-electron chi connectivity index (χ4n) is 1.00. The Balaban J connectivity index is 2.10. The lowest BCUT2D eigenvalue weighted by molar-refractivity contribution is 0.253. The zero-order valence-electron chi connectivity index (χ0n) is 7.29. The highest BCUT2D eigenvalue weighted by atomic mass is 16.2. The fourth-order valence-corrected chi connectivity index (χ4v) is 1.00. The highest BCUT2D eigenvalue weighted by Gasteiger charge is 2.02. The molecule has 0 bridgehead atoms. The van der Waals surface area contributed by atoms with Crippen molar-refractivity contribution in [3.8, 4) is 0 Å². The molecule has 1 N–H and O–H groups in total. The number of hydrogen-bond donors (Lipinski definition) is 1. The number of carbonyl (C=O) groups is 1. The van der Waals surface area contributed by atoms with E-state index < -0.39 is 0 Å². The third kappa shape index (κ3) is 1.77. The highest BCUT2D eigenvalue weighted by Crippen LogP contribution is 2.03. The molecule has 2 aromatic heterocycles. The van der Waals surface area contributed by atoms with E-state index >= 15 is 0 Å². The number of pyridine rings is 1. The van der Waals surface area contributed by atoms with Crippen molar-refractivity contribution < 1.29 is 4.79 Å². The van der Waals surface area contributed by atoms with Gasteiger partial charge in [-0.3, -0.25) is 9.55 Å². The number of carbonyl (C=O) groups excluding carboxylic acids is 1. The predicted octanol–water partition coefficient (Wildman–Crippen LogP) is 1.36. The van der Waals surface area contributed by atoms with E-state index in [1.807, 2.05) is 0 Å². The van der Waals surface area contributed by atoms with E-state index in [9.17, 15) is 4.79 Å². The van der Waals surface area contributed by atoms with E-state index in [1.54, 1.807) is 36.9 Å². The molecule has 0 aromatic carbocycles. The van der Waals surface area contributed by atoms with Crippen LogP contribution in [-0.2, 0) is 0 Å². The molecule has 0 aliphatic carbocycles. The monoisotopic (exact) mass is 188 g/mol. The molecule has 1 amide bonds. The number of hydrogen-bond acceptors (Lipinski definition) is 3. The van der Waals surface area contributed by atoms with Crippen LogP contribution in [0.25, 0.3) is 0 Å². The van der Waals surface area contributed by atoms with Crippen molar-refractivity contribution in [2.45, 2.75) is 0 Å². The summed E-state index contributed by atoms with van der Waals surface area (Å²) in [4.78, 5) is 19.1. The normalized spacial score (nSPS) is 9.71. The minimum atomic E-state index is -0.254. The Hall–Kier alpha value is -2.17. The predicted molar refractivity (Wildman–Crippen MR) is 50.9 cm³/mol. The lowest BCUT2D eigenvalue weighted by atomic mass is 10.4. The van der Waals surface area contributed by atoms with Gasteiger partial charge in [-0.2, -0.15) is 0 Å².